The van der Waals surface area contributed by atoms with Gasteiger partial charge in [0.2, 0.25) is 0 Å². The van der Waals surface area contributed by atoms with E-state index in [1.165, 1.54) is 6.92 Å². The molecule has 0 aliphatic heterocycles. The fraction of sp³-hybridized carbons (Fsp3) is 0.714. The predicted molar refractivity (Wildman–Crippen MR) is 46.0 cm³/mol. The monoisotopic (exact) mass is 222 g/mol. The predicted octanol–water partition coefficient (Wildman–Crippen LogP) is 1.01. The van der Waals surface area contributed by atoms with Gasteiger partial charge in [-0.15, -0.1) is 0 Å². The molecule has 0 spiro atoms. The molecule has 0 aromatic rings. The molecule has 0 aromatic carbocycles. The lowest BCUT2D eigenvalue weighted by molar-refractivity contribution is -0.181. The molecular formula is C7H11O6P. The van der Waals surface area contributed by atoms with Crippen molar-refractivity contribution in [3.8, 4) is 0 Å². The summed E-state index contributed by atoms with van der Waals surface area (Å²) in [6.45, 7) is 3.06. The Hall–Kier alpha value is -1.00. The average molecular weight is 222 g/mol. The van der Waals surface area contributed by atoms with Crippen LogP contribution in [0, 0.1) is 0 Å². The largest absolute Gasteiger partial charge is 0.479 e. The standard InChI is InChI=1S/C7H11O6P/c1-3-7(5(8)9,12-4-2)6(10)13-14-11/h3-4H2,1-2H3,(H,8,9). The Kier molecular flexibility index (Phi) is 5.27. The molecule has 0 aromatic heterocycles. The summed E-state index contributed by atoms with van der Waals surface area (Å²) >= 11 is 0. The molecule has 6 nitrogen and oxygen atoms in total. The van der Waals surface area contributed by atoms with Gasteiger partial charge in [0.15, 0.2) is 0 Å². The highest BCUT2D eigenvalue weighted by atomic mass is 31.1. The zero-order valence-electron chi connectivity index (χ0n) is 7.85. The molecule has 1 N–H and O–H groups in total. The van der Waals surface area contributed by atoms with Crippen molar-refractivity contribution in [1.82, 2.24) is 0 Å². The van der Waals surface area contributed by atoms with E-state index in [1.807, 2.05) is 0 Å². The van der Waals surface area contributed by atoms with Crippen LogP contribution in [0.2, 0.25) is 0 Å². The van der Waals surface area contributed by atoms with Gasteiger partial charge in [0.05, 0.1) is 0 Å². The second-order valence-corrected chi connectivity index (χ2v) is 2.70. The van der Waals surface area contributed by atoms with Crippen LogP contribution in [0.1, 0.15) is 20.3 Å². The van der Waals surface area contributed by atoms with Crippen molar-refractivity contribution in [2.75, 3.05) is 6.61 Å². The Morgan fingerprint density at radius 1 is 1.43 bits per heavy atom. The molecule has 14 heavy (non-hydrogen) atoms. The number of carboxylic acid groups (broad SMARTS) is 1. The second-order valence-electron chi connectivity index (χ2n) is 2.37. The van der Waals surface area contributed by atoms with Gasteiger partial charge in [0.25, 0.3) is 5.60 Å². The van der Waals surface area contributed by atoms with Crippen LogP contribution in [0.15, 0.2) is 0 Å². The molecule has 0 rings (SSSR count). The van der Waals surface area contributed by atoms with E-state index in [-0.39, 0.29) is 13.0 Å². The molecule has 80 valence electrons. The number of ether oxygens (including phenoxy) is 1. The number of hydrogen-bond acceptors (Lipinski definition) is 5. The van der Waals surface area contributed by atoms with Crippen LogP contribution in [-0.4, -0.2) is 29.3 Å². The number of rotatable bonds is 6. The van der Waals surface area contributed by atoms with Crippen LogP contribution >= 0.6 is 8.69 Å². The SMILES string of the molecule is CCOC(CC)(C(=O)O)C(=O)OP=O. The first-order chi connectivity index (χ1) is 6.55. The maximum Gasteiger partial charge on any atom is 0.398 e. The van der Waals surface area contributed by atoms with Gasteiger partial charge >= 0.3 is 20.6 Å². The van der Waals surface area contributed by atoms with E-state index in [0.29, 0.717) is 0 Å². The Labute approximate surface area is 82.5 Å². The lowest BCUT2D eigenvalue weighted by Gasteiger charge is -2.23. The van der Waals surface area contributed by atoms with Crippen LogP contribution < -0.4 is 0 Å². The Morgan fingerprint density at radius 2 is 2.00 bits per heavy atom. The van der Waals surface area contributed by atoms with E-state index >= 15 is 0 Å². The topological polar surface area (TPSA) is 89.9 Å². The van der Waals surface area contributed by atoms with Crippen molar-refractivity contribution in [3.63, 3.8) is 0 Å². The smallest absolute Gasteiger partial charge is 0.398 e. The third kappa shape index (κ3) is 2.49. The van der Waals surface area contributed by atoms with Crippen molar-refractivity contribution in [1.29, 1.82) is 0 Å². The molecule has 0 bridgehead atoms. The molecule has 0 amide bonds. The molecule has 0 heterocycles. The minimum Gasteiger partial charge on any atom is -0.479 e. The molecule has 0 radical (unpaired) electrons. The van der Waals surface area contributed by atoms with Gasteiger partial charge in [-0.05, 0) is 13.3 Å². The van der Waals surface area contributed by atoms with Crippen molar-refractivity contribution >= 4 is 20.6 Å². The minimum atomic E-state index is -2.05. The summed E-state index contributed by atoms with van der Waals surface area (Å²) in [7, 11) is -0.889. The lowest BCUT2D eigenvalue weighted by Crippen LogP contribution is -2.49. The van der Waals surface area contributed by atoms with E-state index in [0.717, 1.165) is 0 Å². The molecule has 0 aliphatic rings. The summed E-state index contributed by atoms with van der Waals surface area (Å²) in [6.07, 6.45) is -0.0927. The maximum atomic E-state index is 11.2. The number of aliphatic carboxylic acids is 1. The van der Waals surface area contributed by atoms with E-state index in [1.54, 1.807) is 6.92 Å². The molecule has 1 atom stereocenters. The number of hydrogen-bond donors (Lipinski definition) is 1. The zero-order chi connectivity index (χ0) is 11.2. The third-order valence-electron chi connectivity index (χ3n) is 1.68. The molecule has 0 saturated carbocycles. The fourth-order valence-electron chi connectivity index (χ4n) is 0.960. The van der Waals surface area contributed by atoms with Gasteiger partial charge in [-0.1, -0.05) is 6.92 Å². The van der Waals surface area contributed by atoms with Gasteiger partial charge in [-0.25, -0.2) is 14.2 Å². The average Bonchev–Trinajstić information content (AvgIpc) is 2.14. The fourth-order valence-corrected chi connectivity index (χ4v) is 1.17. The number of carbonyl (C=O) groups excluding carboxylic acids is 1. The van der Waals surface area contributed by atoms with Crippen LogP contribution in [0.4, 0.5) is 0 Å². The lowest BCUT2D eigenvalue weighted by atomic mass is 10.0. The first kappa shape index (κ1) is 13.0. The van der Waals surface area contributed by atoms with Crippen LogP contribution in [0.25, 0.3) is 0 Å². The van der Waals surface area contributed by atoms with Gasteiger partial charge in [0.1, 0.15) is 0 Å². The van der Waals surface area contributed by atoms with Crippen LogP contribution in [0.3, 0.4) is 0 Å². The summed E-state index contributed by atoms with van der Waals surface area (Å²) in [4.78, 5) is 22.0. The van der Waals surface area contributed by atoms with Gasteiger partial charge in [-0.2, -0.15) is 0 Å². The highest BCUT2D eigenvalue weighted by Gasteiger charge is 2.47. The molecular weight excluding hydrogens is 211 g/mol. The molecule has 7 heteroatoms. The summed E-state index contributed by atoms with van der Waals surface area (Å²) < 4.78 is 18.9. The molecule has 0 fully saturated rings. The van der Waals surface area contributed by atoms with Crippen LogP contribution in [-0.2, 0) is 23.4 Å². The van der Waals surface area contributed by atoms with Crippen molar-refractivity contribution in [3.05, 3.63) is 0 Å². The van der Waals surface area contributed by atoms with Gasteiger partial charge < -0.3 is 14.4 Å². The Morgan fingerprint density at radius 3 is 2.29 bits per heavy atom. The minimum absolute atomic E-state index is 0.0466. The maximum absolute atomic E-state index is 11.2. The van der Waals surface area contributed by atoms with E-state index in [2.05, 4.69) is 4.52 Å². The summed E-state index contributed by atoms with van der Waals surface area (Å²) in [5.74, 6) is -2.61. The van der Waals surface area contributed by atoms with Crippen molar-refractivity contribution in [2.24, 2.45) is 0 Å². The first-order valence-corrected chi connectivity index (χ1v) is 4.69. The van der Waals surface area contributed by atoms with E-state index in [4.69, 9.17) is 9.84 Å². The molecule has 0 aliphatic carbocycles. The third-order valence-corrected chi connectivity index (χ3v) is 1.92. The van der Waals surface area contributed by atoms with Crippen molar-refractivity contribution in [2.45, 2.75) is 25.9 Å². The van der Waals surface area contributed by atoms with E-state index in [9.17, 15) is 14.2 Å². The summed E-state index contributed by atoms with van der Waals surface area (Å²) in [5, 5.41) is 8.82. The summed E-state index contributed by atoms with van der Waals surface area (Å²) in [6, 6.07) is 0. The quantitative estimate of drug-likeness (QED) is 0.532. The zero-order valence-corrected chi connectivity index (χ0v) is 8.74. The molecule has 0 saturated heterocycles. The van der Waals surface area contributed by atoms with Gasteiger partial charge in [-0.3, -0.25) is 0 Å². The second kappa shape index (κ2) is 5.67. The number of carboxylic acids is 1. The first-order valence-electron chi connectivity index (χ1n) is 3.96. The summed E-state index contributed by atoms with van der Waals surface area (Å²) in [5.41, 5.74) is -2.05. The number of carbonyl (C=O) groups is 2. The molecule has 1 unspecified atom stereocenters. The van der Waals surface area contributed by atoms with Crippen LogP contribution in [0.5, 0.6) is 0 Å². The Balaban J connectivity index is 4.91. The van der Waals surface area contributed by atoms with Gasteiger partial charge in [0, 0.05) is 6.61 Å². The van der Waals surface area contributed by atoms with Crippen molar-refractivity contribution < 1.29 is 28.5 Å². The highest BCUT2D eigenvalue weighted by Crippen LogP contribution is 2.20. The van der Waals surface area contributed by atoms with E-state index < -0.39 is 26.2 Å². The normalized spacial score (nSPS) is 14.7. The Bertz CT molecular complexity index is 240. The highest BCUT2D eigenvalue weighted by molar-refractivity contribution is 7.18.